The van der Waals surface area contributed by atoms with Crippen LogP contribution in [0.5, 0.6) is 0 Å². The molecule has 0 unspecified atom stereocenters. The zero-order valence-electron chi connectivity index (χ0n) is 9.03. The van der Waals surface area contributed by atoms with Crippen molar-refractivity contribution in [2.45, 2.75) is 40.0 Å². The van der Waals surface area contributed by atoms with E-state index in [1.165, 1.54) is 11.3 Å². The van der Waals surface area contributed by atoms with Gasteiger partial charge in [0.05, 0.1) is 5.76 Å². The quantitative estimate of drug-likeness (QED) is 0.543. The van der Waals surface area contributed by atoms with E-state index in [0.717, 1.165) is 32.4 Å². The molecule has 0 amide bonds. The third-order valence-electron chi connectivity index (χ3n) is 1.99. The molecule has 0 radical (unpaired) electrons. The van der Waals surface area contributed by atoms with Gasteiger partial charge in [0.25, 0.3) is 0 Å². The first-order valence-electron chi connectivity index (χ1n) is 4.92. The van der Waals surface area contributed by atoms with E-state index in [1.807, 2.05) is 0 Å². The zero-order chi connectivity index (χ0) is 9.40. The summed E-state index contributed by atoms with van der Waals surface area (Å²) in [5.74, 6) is 1.18. The van der Waals surface area contributed by atoms with Gasteiger partial charge in [0.1, 0.15) is 13.2 Å². The molecular weight excluding hydrogens is 186 g/mol. The first kappa shape index (κ1) is 15.3. The van der Waals surface area contributed by atoms with Crippen LogP contribution in [0.2, 0.25) is 0 Å². The van der Waals surface area contributed by atoms with Crippen LogP contribution in [-0.2, 0) is 4.74 Å². The van der Waals surface area contributed by atoms with Crippen LogP contribution in [0.4, 0.5) is 0 Å². The molecule has 13 heavy (non-hydrogen) atoms. The van der Waals surface area contributed by atoms with Crippen molar-refractivity contribution in [2.24, 2.45) is 0 Å². The Hall–Kier alpha value is -0.210. The maximum atomic E-state index is 5.60. The highest BCUT2D eigenvalue weighted by Crippen LogP contribution is 2.16. The molecule has 2 nitrogen and oxygen atoms in total. The topological polar surface area (TPSA) is 36.9 Å². The Balaban J connectivity index is 0. The largest absolute Gasteiger partial charge is 1.00 e. The van der Waals surface area contributed by atoms with Crippen molar-refractivity contribution in [2.75, 3.05) is 13.2 Å². The van der Waals surface area contributed by atoms with E-state index < -0.39 is 0 Å². The van der Waals surface area contributed by atoms with Crippen LogP contribution in [0.3, 0.4) is 0 Å². The lowest BCUT2D eigenvalue weighted by Crippen LogP contribution is -3.00. The zero-order valence-corrected chi connectivity index (χ0v) is 9.78. The second-order valence-corrected chi connectivity index (χ2v) is 2.79. The van der Waals surface area contributed by atoms with Crippen molar-refractivity contribution in [3.63, 3.8) is 0 Å². The number of ether oxygens (including phenoxy) is 1. The minimum atomic E-state index is 0. The van der Waals surface area contributed by atoms with Gasteiger partial charge in [0.2, 0.25) is 0 Å². The van der Waals surface area contributed by atoms with Gasteiger partial charge in [-0.25, -0.2) is 0 Å². The molecule has 0 atom stereocenters. The van der Waals surface area contributed by atoms with E-state index in [2.05, 4.69) is 26.5 Å². The molecule has 0 heterocycles. The summed E-state index contributed by atoms with van der Waals surface area (Å²) in [6.07, 6.45) is 3.23. The van der Waals surface area contributed by atoms with Gasteiger partial charge in [0, 0.05) is 6.42 Å². The Morgan fingerprint density at radius 1 is 1.08 bits per heavy atom. The van der Waals surface area contributed by atoms with Crippen molar-refractivity contribution in [1.82, 2.24) is 0 Å². The molecule has 0 aromatic rings. The number of hydrogen-bond acceptors (Lipinski definition) is 1. The van der Waals surface area contributed by atoms with Crippen LogP contribution in [0.1, 0.15) is 40.0 Å². The van der Waals surface area contributed by atoms with Gasteiger partial charge in [-0.1, -0.05) is 20.8 Å². The normalized spacial score (nSPS) is 8.92. The summed E-state index contributed by atoms with van der Waals surface area (Å²) < 4.78 is 5.60. The van der Waals surface area contributed by atoms with Crippen LogP contribution >= 0.6 is 0 Å². The predicted octanol–water partition coefficient (Wildman–Crippen LogP) is -1.27. The fourth-order valence-electron chi connectivity index (χ4n) is 1.29. The van der Waals surface area contributed by atoms with Crippen LogP contribution < -0.4 is 18.1 Å². The van der Waals surface area contributed by atoms with E-state index in [-0.39, 0.29) is 12.4 Å². The van der Waals surface area contributed by atoms with Crippen LogP contribution in [0.15, 0.2) is 11.3 Å². The van der Waals surface area contributed by atoms with Crippen molar-refractivity contribution >= 4 is 0 Å². The Morgan fingerprint density at radius 2 is 1.62 bits per heavy atom. The molecule has 0 aliphatic rings. The van der Waals surface area contributed by atoms with Gasteiger partial charge in [-0.05, 0) is 18.4 Å². The summed E-state index contributed by atoms with van der Waals surface area (Å²) in [4.78, 5) is 0. The van der Waals surface area contributed by atoms with Crippen molar-refractivity contribution in [1.29, 1.82) is 0 Å². The number of allylic oxidation sites excluding steroid dienone is 2. The molecule has 0 aromatic carbocycles. The number of quaternary nitrogens is 1. The number of rotatable bonds is 6. The Labute approximate surface area is 87.9 Å². The second-order valence-electron chi connectivity index (χ2n) is 2.79. The highest BCUT2D eigenvalue weighted by atomic mass is 35.5. The summed E-state index contributed by atoms with van der Waals surface area (Å²) in [6.45, 7) is 8.12. The highest BCUT2D eigenvalue weighted by Gasteiger charge is 2.02. The van der Waals surface area contributed by atoms with E-state index in [0.29, 0.717) is 0 Å². The molecule has 80 valence electrons. The highest BCUT2D eigenvalue weighted by molar-refractivity contribution is 5.07. The maximum Gasteiger partial charge on any atom is 0.136 e. The van der Waals surface area contributed by atoms with Gasteiger partial charge in [-0.3, -0.25) is 0 Å². The average Bonchev–Trinajstić information content (AvgIpc) is 2.12. The summed E-state index contributed by atoms with van der Waals surface area (Å²) in [5.41, 5.74) is 5.21. The van der Waals surface area contributed by atoms with Gasteiger partial charge in [0.15, 0.2) is 0 Å². The van der Waals surface area contributed by atoms with Gasteiger partial charge in [-0.15, -0.1) is 0 Å². The molecule has 0 fully saturated rings. The second kappa shape index (κ2) is 9.87. The predicted molar refractivity (Wildman–Crippen MR) is 51.6 cm³/mol. The molecule has 0 saturated carbocycles. The molecule has 0 aliphatic heterocycles. The SMILES string of the molecule is CCC(CC)=C(CC)OCC[NH3+].[Cl-]. The molecular formula is C10H22ClNO. The molecule has 0 bridgehead atoms. The Morgan fingerprint density at radius 3 is 1.92 bits per heavy atom. The summed E-state index contributed by atoms with van der Waals surface area (Å²) >= 11 is 0. The lowest BCUT2D eigenvalue weighted by Gasteiger charge is -2.11. The third kappa shape index (κ3) is 5.94. The van der Waals surface area contributed by atoms with E-state index in [4.69, 9.17) is 4.74 Å². The van der Waals surface area contributed by atoms with Gasteiger partial charge >= 0.3 is 0 Å². The van der Waals surface area contributed by atoms with Crippen molar-refractivity contribution in [3.8, 4) is 0 Å². The smallest absolute Gasteiger partial charge is 0.136 e. The minimum Gasteiger partial charge on any atom is -1.00 e. The summed E-state index contributed by atoms with van der Waals surface area (Å²) in [6, 6.07) is 0. The molecule has 0 aliphatic carbocycles. The van der Waals surface area contributed by atoms with Crippen LogP contribution in [0, 0.1) is 0 Å². The Kier molecular flexibility index (Phi) is 11.6. The first-order chi connectivity index (χ1) is 5.79. The van der Waals surface area contributed by atoms with Crippen LogP contribution in [0.25, 0.3) is 0 Å². The summed E-state index contributed by atoms with van der Waals surface area (Å²) in [7, 11) is 0. The van der Waals surface area contributed by atoms with Crippen LogP contribution in [-0.4, -0.2) is 13.2 Å². The monoisotopic (exact) mass is 207 g/mol. The standard InChI is InChI=1S/C10H21NO.ClH/c1-4-9(5-2)10(6-3)12-8-7-11;/h4-8,11H2,1-3H3;1H. The molecule has 0 spiro atoms. The summed E-state index contributed by atoms with van der Waals surface area (Å²) in [5, 5.41) is 0. The van der Waals surface area contributed by atoms with Crippen molar-refractivity contribution in [3.05, 3.63) is 11.3 Å². The van der Waals surface area contributed by atoms with Gasteiger partial charge < -0.3 is 22.9 Å². The minimum absolute atomic E-state index is 0. The fraction of sp³-hybridized carbons (Fsp3) is 0.800. The third-order valence-corrected chi connectivity index (χ3v) is 1.99. The fourth-order valence-corrected chi connectivity index (χ4v) is 1.29. The molecule has 3 heteroatoms. The van der Waals surface area contributed by atoms with E-state index in [1.54, 1.807) is 0 Å². The van der Waals surface area contributed by atoms with E-state index in [9.17, 15) is 0 Å². The number of hydrogen-bond donors (Lipinski definition) is 1. The molecule has 0 saturated heterocycles. The lowest BCUT2D eigenvalue weighted by molar-refractivity contribution is -0.372. The lowest BCUT2D eigenvalue weighted by atomic mass is 10.1. The van der Waals surface area contributed by atoms with Gasteiger partial charge in [-0.2, -0.15) is 0 Å². The average molecular weight is 208 g/mol. The molecule has 0 rings (SSSR count). The van der Waals surface area contributed by atoms with Crippen molar-refractivity contribution < 1.29 is 22.9 Å². The first-order valence-corrected chi connectivity index (χ1v) is 4.92. The maximum absolute atomic E-state index is 5.60. The molecule has 0 aromatic heterocycles. The Bertz CT molecular complexity index is 140. The van der Waals surface area contributed by atoms with E-state index >= 15 is 0 Å². The number of halogens is 1. The molecule has 3 N–H and O–H groups in total.